The van der Waals surface area contributed by atoms with Gasteiger partial charge in [-0.2, -0.15) is 5.26 Å². The van der Waals surface area contributed by atoms with Gasteiger partial charge in [-0.1, -0.05) is 0 Å². The second-order valence-electron chi connectivity index (χ2n) is 3.54. The van der Waals surface area contributed by atoms with E-state index in [1.165, 1.54) is 13.0 Å². The van der Waals surface area contributed by atoms with Crippen LogP contribution in [0.15, 0.2) is 0 Å². The molecule has 2 N–H and O–H groups in total. The second kappa shape index (κ2) is 4.59. The van der Waals surface area contributed by atoms with Gasteiger partial charge in [0.15, 0.2) is 5.75 Å². The summed E-state index contributed by atoms with van der Waals surface area (Å²) < 4.78 is 24.4. The number of carbonyl (C=O) groups excluding carboxylic acids is 1. The van der Waals surface area contributed by atoms with Crippen molar-refractivity contribution in [2.24, 2.45) is 0 Å². The molecule has 0 aliphatic heterocycles. The van der Waals surface area contributed by atoms with Gasteiger partial charge in [-0.25, -0.2) is 13.1 Å². The van der Waals surface area contributed by atoms with E-state index in [-0.39, 0.29) is 11.9 Å². The van der Waals surface area contributed by atoms with Crippen molar-refractivity contribution >= 4 is 15.9 Å². The van der Waals surface area contributed by atoms with Crippen LogP contribution in [0.1, 0.15) is 19.8 Å². The first-order valence-electron chi connectivity index (χ1n) is 4.62. The van der Waals surface area contributed by atoms with Crippen LogP contribution in [0.25, 0.3) is 0 Å². The molecule has 1 amide bonds. The number of sulfonamides is 1. The Morgan fingerprint density at radius 3 is 2.67 bits per heavy atom. The van der Waals surface area contributed by atoms with E-state index >= 15 is 0 Å². The van der Waals surface area contributed by atoms with E-state index in [2.05, 4.69) is 10.0 Å². The Hall–Kier alpha value is -1.13. The first-order valence-corrected chi connectivity index (χ1v) is 6.27. The Kier molecular flexibility index (Phi) is 3.66. The average Bonchev–Trinajstić information content (AvgIpc) is 2.86. The molecule has 1 aliphatic carbocycles. The molecule has 84 valence electrons. The van der Waals surface area contributed by atoms with E-state index in [1.807, 2.05) is 0 Å². The minimum Gasteiger partial charge on any atom is -0.352 e. The van der Waals surface area contributed by atoms with Crippen LogP contribution in [0.3, 0.4) is 0 Å². The summed E-state index contributed by atoms with van der Waals surface area (Å²) in [6.45, 7) is 1.45. The molecule has 7 heteroatoms. The molecule has 0 aromatic rings. The van der Waals surface area contributed by atoms with Gasteiger partial charge in [0.1, 0.15) is 0 Å². The average molecular weight is 231 g/mol. The molecule has 1 fully saturated rings. The zero-order valence-corrected chi connectivity index (χ0v) is 9.17. The highest BCUT2D eigenvalue weighted by Crippen LogP contribution is 2.18. The van der Waals surface area contributed by atoms with Crippen molar-refractivity contribution in [3.05, 3.63) is 0 Å². The SMILES string of the molecule is CC(NS(=O)(=O)CC#N)C(=O)NC1CC1. The summed E-state index contributed by atoms with van der Waals surface area (Å²) in [5, 5.41) is 10.9. The predicted octanol–water partition coefficient (Wildman–Crippen LogP) is -0.904. The Balaban J connectivity index is 2.43. The van der Waals surface area contributed by atoms with Crippen molar-refractivity contribution in [3.63, 3.8) is 0 Å². The summed E-state index contributed by atoms with van der Waals surface area (Å²) in [6, 6.07) is 0.888. The molecule has 0 bridgehead atoms. The lowest BCUT2D eigenvalue weighted by Gasteiger charge is -2.12. The maximum absolute atomic E-state index is 11.4. The third-order valence-corrected chi connectivity index (χ3v) is 3.15. The smallest absolute Gasteiger partial charge is 0.238 e. The van der Waals surface area contributed by atoms with Crippen molar-refractivity contribution < 1.29 is 13.2 Å². The molecule has 0 radical (unpaired) electrons. The molecule has 1 aliphatic rings. The lowest BCUT2D eigenvalue weighted by Crippen LogP contribution is -2.45. The minimum atomic E-state index is -3.66. The van der Waals surface area contributed by atoms with Crippen LogP contribution >= 0.6 is 0 Å². The zero-order valence-electron chi connectivity index (χ0n) is 8.36. The maximum Gasteiger partial charge on any atom is 0.238 e. The number of hydrogen-bond donors (Lipinski definition) is 2. The fourth-order valence-electron chi connectivity index (χ4n) is 1.00. The number of rotatable bonds is 5. The highest BCUT2D eigenvalue weighted by atomic mass is 32.2. The molecule has 0 aromatic carbocycles. The monoisotopic (exact) mass is 231 g/mol. The molecule has 0 heterocycles. The van der Waals surface area contributed by atoms with E-state index in [0.717, 1.165) is 12.8 Å². The third-order valence-electron chi connectivity index (χ3n) is 1.93. The van der Waals surface area contributed by atoms with Gasteiger partial charge in [-0.15, -0.1) is 0 Å². The number of nitrogens with zero attached hydrogens (tertiary/aromatic N) is 1. The summed E-state index contributed by atoms with van der Waals surface area (Å²) in [6.07, 6.45) is 1.90. The molecule has 0 aromatic heterocycles. The third kappa shape index (κ3) is 4.27. The molecule has 1 rings (SSSR count). The zero-order chi connectivity index (χ0) is 11.5. The summed E-state index contributed by atoms with van der Waals surface area (Å²) in [5.41, 5.74) is 0. The van der Waals surface area contributed by atoms with Crippen molar-refractivity contribution in [2.45, 2.75) is 31.8 Å². The van der Waals surface area contributed by atoms with Gasteiger partial charge in [-0.3, -0.25) is 4.79 Å². The molecular formula is C8H13N3O3S. The topological polar surface area (TPSA) is 99.1 Å². The highest BCUT2D eigenvalue weighted by Gasteiger charge is 2.27. The second-order valence-corrected chi connectivity index (χ2v) is 5.29. The van der Waals surface area contributed by atoms with Crippen molar-refractivity contribution in [2.75, 3.05) is 5.75 Å². The molecule has 1 unspecified atom stereocenters. The molecule has 15 heavy (non-hydrogen) atoms. The van der Waals surface area contributed by atoms with Gasteiger partial charge in [0.25, 0.3) is 0 Å². The van der Waals surface area contributed by atoms with Crippen LogP contribution in [0, 0.1) is 11.3 Å². The van der Waals surface area contributed by atoms with Crippen LogP contribution < -0.4 is 10.0 Å². The van der Waals surface area contributed by atoms with Crippen LogP contribution in [-0.4, -0.2) is 32.2 Å². The van der Waals surface area contributed by atoms with E-state index in [1.54, 1.807) is 0 Å². The van der Waals surface area contributed by atoms with Crippen molar-refractivity contribution in [1.29, 1.82) is 5.26 Å². The molecule has 1 saturated carbocycles. The lowest BCUT2D eigenvalue weighted by molar-refractivity contribution is -0.122. The number of hydrogen-bond acceptors (Lipinski definition) is 4. The Morgan fingerprint density at radius 1 is 1.60 bits per heavy atom. The first kappa shape index (κ1) is 11.9. The van der Waals surface area contributed by atoms with E-state index in [0.29, 0.717) is 0 Å². The molecule has 0 saturated heterocycles. The van der Waals surface area contributed by atoms with Gasteiger partial charge < -0.3 is 5.32 Å². The Labute approximate surface area is 88.7 Å². The minimum absolute atomic E-state index is 0.195. The predicted molar refractivity (Wildman–Crippen MR) is 53.2 cm³/mol. The Morgan fingerprint density at radius 2 is 2.20 bits per heavy atom. The van der Waals surface area contributed by atoms with Gasteiger partial charge in [0.05, 0.1) is 12.1 Å². The van der Waals surface area contributed by atoms with Crippen molar-refractivity contribution in [3.8, 4) is 6.07 Å². The maximum atomic E-state index is 11.4. The largest absolute Gasteiger partial charge is 0.352 e. The van der Waals surface area contributed by atoms with Gasteiger partial charge in [-0.05, 0) is 19.8 Å². The molecular weight excluding hydrogens is 218 g/mol. The lowest BCUT2D eigenvalue weighted by atomic mass is 10.3. The number of amides is 1. The van der Waals surface area contributed by atoms with Crippen LogP contribution in [0.5, 0.6) is 0 Å². The van der Waals surface area contributed by atoms with Crippen LogP contribution in [0.2, 0.25) is 0 Å². The number of nitrogens with one attached hydrogen (secondary N) is 2. The van der Waals surface area contributed by atoms with E-state index in [4.69, 9.17) is 5.26 Å². The number of carbonyl (C=O) groups is 1. The number of nitriles is 1. The molecule has 1 atom stereocenters. The van der Waals surface area contributed by atoms with Gasteiger partial charge in [0, 0.05) is 6.04 Å². The quantitative estimate of drug-likeness (QED) is 0.640. The van der Waals surface area contributed by atoms with Crippen molar-refractivity contribution in [1.82, 2.24) is 10.0 Å². The van der Waals surface area contributed by atoms with Gasteiger partial charge >= 0.3 is 0 Å². The first-order chi connectivity index (χ1) is 6.94. The van der Waals surface area contributed by atoms with Gasteiger partial charge in [0.2, 0.25) is 15.9 Å². The van der Waals surface area contributed by atoms with Crippen LogP contribution in [-0.2, 0) is 14.8 Å². The summed E-state index contributed by atoms with van der Waals surface area (Å²) >= 11 is 0. The summed E-state index contributed by atoms with van der Waals surface area (Å²) in [5.74, 6) is -0.979. The molecule has 6 nitrogen and oxygen atoms in total. The normalized spacial score (nSPS) is 17.9. The Bertz CT molecular complexity index is 380. The van der Waals surface area contributed by atoms with E-state index in [9.17, 15) is 13.2 Å². The standard InChI is InChI=1S/C8H13N3O3S/c1-6(8(12)10-7-2-3-7)11-15(13,14)5-4-9/h6-7,11H,2-3,5H2,1H3,(H,10,12). The highest BCUT2D eigenvalue weighted by molar-refractivity contribution is 7.89. The van der Waals surface area contributed by atoms with Crippen LogP contribution in [0.4, 0.5) is 0 Å². The fourth-order valence-corrected chi connectivity index (χ4v) is 1.90. The van der Waals surface area contributed by atoms with E-state index < -0.39 is 21.8 Å². The fraction of sp³-hybridized carbons (Fsp3) is 0.750. The molecule has 0 spiro atoms. The summed E-state index contributed by atoms with van der Waals surface area (Å²) in [4.78, 5) is 11.4. The summed E-state index contributed by atoms with van der Waals surface area (Å²) in [7, 11) is -3.66.